The molecule has 3 aromatic rings. The van der Waals surface area contributed by atoms with Crippen molar-refractivity contribution >= 4 is 21.8 Å². The van der Waals surface area contributed by atoms with Crippen LogP contribution in [-0.2, 0) is 17.8 Å². The second-order valence-electron chi connectivity index (χ2n) is 9.53. The highest BCUT2D eigenvalue weighted by Gasteiger charge is 2.31. The first-order chi connectivity index (χ1) is 16.6. The van der Waals surface area contributed by atoms with Crippen molar-refractivity contribution in [3.05, 3.63) is 70.5 Å². The molecule has 5 rings (SSSR count). The average molecular weight is 523 g/mol. The van der Waals surface area contributed by atoms with E-state index in [2.05, 4.69) is 66.2 Å². The molecule has 2 aromatic carbocycles. The lowest BCUT2D eigenvalue weighted by atomic mass is 9.88. The van der Waals surface area contributed by atoms with Crippen LogP contribution in [0.3, 0.4) is 0 Å². The number of benzene rings is 2. The van der Waals surface area contributed by atoms with Crippen molar-refractivity contribution in [3.63, 3.8) is 0 Å². The van der Waals surface area contributed by atoms with Gasteiger partial charge in [-0.2, -0.15) is 4.98 Å². The van der Waals surface area contributed by atoms with Gasteiger partial charge in [-0.1, -0.05) is 51.4 Å². The summed E-state index contributed by atoms with van der Waals surface area (Å²) in [6.45, 7) is 4.21. The van der Waals surface area contributed by atoms with E-state index in [-0.39, 0.29) is 5.92 Å². The maximum atomic E-state index is 13.1. The molecular weight excluding hydrogens is 492 g/mol. The average Bonchev–Trinajstić information content (AvgIpc) is 3.34. The van der Waals surface area contributed by atoms with Crippen molar-refractivity contribution in [3.8, 4) is 11.4 Å². The first kappa shape index (κ1) is 23.2. The second-order valence-corrected chi connectivity index (χ2v) is 10.4. The highest BCUT2D eigenvalue weighted by atomic mass is 79.9. The van der Waals surface area contributed by atoms with Gasteiger partial charge in [0.2, 0.25) is 17.6 Å². The molecule has 1 aromatic heterocycles. The van der Waals surface area contributed by atoms with Crippen molar-refractivity contribution in [2.24, 2.45) is 11.8 Å². The summed E-state index contributed by atoms with van der Waals surface area (Å²) in [7, 11) is 0. The Morgan fingerprint density at radius 3 is 2.35 bits per heavy atom. The molecule has 2 fully saturated rings. The summed E-state index contributed by atoms with van der Waals surface area (Å²) >= 11 is 3.45. The SMILES string of the molecule is O=C(C1CCN(Cc2nc(-c3ccc(Br)cc3)no2)CC1)N1CCC(Cc2ccccc2)CC1. The predicted octanol–water partition coefficient (Wildman–Crippen LogP) is 5.19. The van der Waals surface area contributed by atoms with Crippen molar-refractivity contribution in [2.75, 3.05) is 26.2 Å². The zero-order valence-corrected chi connectivity index (χ0v) is 21.0. The number of halogens is 1. The van der Waals surface area contributed by atoms with E-state index in [0.717, 1.165) is 68.3 Å². The Kier molecular flexibility index (Phi) is 7.40. The Morgan fingerprint density at radius 2 is 1.65 bits per heavy atom. The lowest BCUT2D eigenvalue weighted by molar-refractivity contribution is -0.138. The molecule has 0 atom stereocenters. The molecule has 0 aliphatic carbocycles. The third kappa shape index (κ3) is 5.76. The maximum Gasteiger partial charge on any atom is 0.241 e. The number of amides is 1. The quantitative estimate of drug-likeness (QED) is 0.445. The zero-order valence-electron chi connectivity index (χ0n) is 19.4. The lowest BCUT2D eigenvalue weighted by Crippen LogP contribution is -2.45. The van der Waals surface area contributed by atoms with Crippen LogP contribution in [0.2, 0.25) is 0 Å². The first-order valence-corrected chi connectivity index (χ1v) is 13.1. The van der Waals surface area contributed by atoms with E-state index in [4.69, 9.17) is 4.52 Å². The Morgan fingerprint density at radius 1 is 0.941 bits per heavy atom. The van der Waals surface area contributed by atoms with Crippen LogP contribution < -0.4 is 0 Å². The van der Waals surface area contributed by atoms with E-state index in [1.54, 1.807) is 0 Å². The molecule has 2 saturated heterocycles. The normalized spacial score (nSPS) is 18.3. The summed E-state index contributed by atoms with van der Waals surface area (Å²) in [5.74, 6) is 2.42. The van der Waals surface area contributed by atoms with Crippen LogP contribution in [0.1, 0.15) is 37.1 Å². The van der Waals surface area contributed by atoms with Gasteiger partial charge >= 0.3 is 0 Å². The molecule has 178 valence electrons. The fraction of sp³-hybridized carbons (Fsp3) is 0.444. The van der Waals surface area contributed by atoms with Gasteiger partial charge in [0.15, 0.2) is 0 Å². The molecule has 0 N–H and O–H groups in total. The topological polar surface area (TPSA) is 62.5 Å². The van der Waals surface area contributed by atoms with Gasteiger partial charge in [-0.15, -0.1) is 0 Å². The van der Waals surface area contributed by atoms with Crippen molar-refractivity contribution < 1.29 is 9.32 Å². The summed E-state index contributed by atoms with van der Waals surface area (Å²) in [4.78, 5) is 22.1. The molecule has 0 saturated carbocycles. The zero-order chi connectivity index (χ0) is 23.3. The monoisotopic (exact) mass is 522 g/mol. The van der Waals surface area contributed by atoms with Crippen molar-refractivity contribution in [1.29, 1.82) is 0 Å². The number of aromatic nitrogens is 2. The summed E-state index contributed by atoms with van der Waals surface area (Å²) in [5.41, 5.74) is 2.35. The van der Waals surface area contributed by atoms with Gasteiger partial charge < -0.3 is 9.42 Å². The highest BCUT2D eigenvalue weighted by Crippen LogP contribution is 2.26. The molecule has 0 radical (unpaired) electrons. The third-order valence-corrected chi connectivity index (χ3v) is 7.69. The van der Waals surface area contributed by atoms with Crippen molar-refractivity contribution in [2.45, 2.75) is 38.6 Å². The van der Waals surface area contributed by atoms with Gasteiger partial charge in [0, 0.05) is 29.0 Å². The number of rotatable bonds is 6. The van der Waals surface area contributed by atoms with E-state index in [1.807, 2.05) is 24.3 Å². The van der Waals surface area contributed by atoms with Gasteiger partial charge in [-0.25, -0.2) is 0 Å². The van der Waals surface area contributed by atoms with Gasteiger partial charge in [-0.05, 0) is 80.9 Å². The van der Waals surface area contributed by atoms with Crippen LogP contribution >= 0.6 is 15.9 Å². The number of carbonyl (C=O) groups excluding carboxylic acids is 1. The molecule has 7 heteroatoms. The standard InChI is InChI=1S/C27H31BrN4O2/c28-24-8-6-22(7-9-24)26-29-25(34-30-26)19-31-14-12-23(13-15-31)27(33)32-16-10-21(11-17-32)18-20-4-2-1-3-5-20/h1-9,21,23H,10-19H2. The largest absolute Gasteiger partial charge is 0.342 e. The lowest BCUT2D eigenvalue weighted by Gasteiger charge is -2.37. The van der Waals surface area contributed by atoms with E-state index in [1.165, 1.54) is 5.56 Å². The maximum absolute atomic E-state index is 13.1. The van der Waals surface area contributed by atoms with E-state index in [0.29, 0.717) is 30.1 Å². The molecule has 6 nitrogen and oxygen atoms in total. The van der Waals surface area contributed by atoms with Crippen LogP contribution in [0.4, 0.5) is 0 Å². The van der Waals surface area contributed by atoms with E-state index in [9.17, 15) is 4.79 Å². The number of piperidine rings is 2. The molecule has 0 spiro atoms. The number of nitrogens with zero attached hydrogens (tertiary/aromatic N) is 4. The van der Waals surface area contributed by atoms with Crippen LogP contribution in [0.25, 0.3) is 11.4 Å². The number of carbonyl (C=O) groups is 1. The number of hydrogen-bond donors (Lipinski definition) is 0. The molecule has 0 bridgehead atoms. The van der Waals surface area contributed by atoms with Crippen LogP contribution in [0.5, 0.6) is 0 Å². The number of hydrogen-bond acceptors (Lipinski definition) is 5. The Balaban J connectivity index is 1.06. The molecule has 34 heavy (non-hydrogen) atoms. The fourth-order valence-electron chi connectivity index (χ4n) is 5.13. The summed E-state index contributed by atoms with van der Waals surface area (Å²) in [6.07, 6.45) is 5.14. The molecule has 1 amide bonds. The summed E-state index contributed by atoms with van der Waals surface area (Å²) in [6, 6.07) is 18.6. The minimum absolute atomic E-state index is 0.142. The summed E-state index contributed by atoms with van der Waals surface area (Å²) in [5, 5.41) is 4.13. The van der Waals surface area contributed by atoms with Gasteiger partial charge in [0.05, 0.1) is 6.54 Å². The smallest absolute Gasteiger partial charge is 0.241 e. The second kappa shape index (κ2) is 10.8. The molecule has 3 heterocycles. The molecular formula is C27H31BrN4O2. The highest BCUT2D eigenvalue weighted by molar-refractivity contribution is 9.10. The van der Waals surface area contributed by atoms with Crippen molar-refractivity contribution in [1.82, 2.24) is 19.9 Å². The molecule has 0 unspecified atom stereocenters. The molecule has 2 aliphatic rings. The Bertz CT molecular complexity index is 1070. The van der Waals surface area contributed by atoms with Gasteiger partial charge in [0.1, 0.15) is 0 Å². The van der Waals surface area contributed by atoms with Gasteiger partial charge in [0.25, 0.3) is 0 Å². The minimum atomic E-state index is 0.142. The third-order valence-electron chi connectivity index (χ3n) is 7.16. The molecule has 2 aliphatic heterocycles. The van der Waals surface area contributed by atoms with E-state index < -0.39 is 0 Å². The van der Waals surface area contributed by atoms with Crippen LogP contribution in [0.15, 0.2) is 63.6 Å². The predicted molar refractivity (Wildman–Crippen MR) is 135 cm³/mol. The number of likely N-dealkylation sites (tertiary alicyclic amines) is 2. The fourth-order valence-corrected chi connectivity index (χ4v) is 5.39. The Hall–Kier alpha value is -2.51. The van der Waals surface area contributed by atoms with E-state index >= 15 is 0 Å². The van der Waals surface area contributed by atoms with Gasteiger partial charge in [-0.3, -0.25) is 9.69 Å². The minimum Gasteiger partial charge on any atom is -0.342 e. The summed E-state index contributed by atoms with van der Waals surface area (Å²) < 4.78 is 6.51. The first-order valence-electron chi connectivity index (χ1n) is 12.3. The van der Waals surface area contributed by atoms with Crippen LogP contribution in [-0.4, -0.2) is 52.0 Å². The Labute approximate surface area is 209 Å². The van der Waals surface area contributed by atoms with Crippen LogP contribution in [0, 0.1) is 11.8 Å².